The molecular weight excluding hydrogens is 413 g/mol. The lowest BCUT2D eigenvalue weighted by molar-refractivity contribution is -0.275. The summed E-state index contributed by atoms with van der Waals surface area (Å²) in [6.45, 7) is 0.470. The van der Waals surface area contributed by atoms with E-state index >= 15 is 0 Å². The number of fused-ring (bicyclic) bond motifs is 1. The Hall–Kier alpha value is -3.07. The zero-order valence-electron chi connectivity index (χ0n) is 16.5. The molecule has 1 aliphatic carbocycles. The fourth-order valence-corrected chi connectivity index (χ4v) is 4.57. The second-order valence-electron chi connectivity index (χ2n) is 8.01. The molecule has 2 amide bonds. The van der Waals surface area contributed by atoms with Crippen molar-refractivity contribution in [1.29, 1.82) is 0 Å². The molecule has 2 aromatic carbocycles. The minimum absolute atomic E-state index is 0.0344. The summed E-state index contributed by atoms with van der Waals surface area (Å²) in [5, 5.41) is 8.87. The number of nitrogens with one attached hydrogen (secondary N) is 1. The van der Waals surface area contributed by atoms with Crippen LogP contribution in [0.4, 0.5) is 13.2 Å². The van der Waals surface area contributed by atoms with E-state index in [9.17, 15) is 22.8 Å². The minimum atomic E-state index is -4.81. The molecule has 1 heterocycles. The van der Waals surface area contributed by atoms with E-state index in [-0.39, 0.29) is 18.2 Å². The summed E-state index contributed by atoms with van der Waals surface area (Å²) in [6, 6.07) is 11.0. The SMILES string of the molecule is O=C(NO)c1ccc2c(c1)C[C@@]1(CC2)CCN(Cc2ccccc2OC(F)(F)F)C1=O. The fraction of sp³-hybridized carbons (Fsp3) is 0.364. The predicted molar refractivity (Wildman–Crippen MR) is 103 cm³/mol. The highest BCUT2D eigenvalue weighted by atomic mass is 19.4. The number of amides is 2. The third-order valence-corrected chi connectivity index (χ3v) is 6.13. The Morgan fingerprint density at radius 3 is 2.68 bits per heavy atom. The molecular formula is C22H21F3N2O4. The monoisotopic (exact) mass is 434 g/mol. The van der Waals surface area contributed by atoms with Crippen molar-refractivity contribution in [2.45, 2.75) is 38.6 Å². The summed E-state index contributed by atoms with van der Waals surface area (Å²) < 4.78 is 42.2. The van der Waals surface area contributed by atoms with E-state index in [0.717, 1.165) is 11.1 Å². The molecule has 1 atom stereocenters. The molecule has 1 saturated heterocycles. The minimum Gasteiger partial charge on any atom is -0.405 e. The molecule has 2 aromatic rings. The van der Waals surface area contributed by atoms with Crippen LogP contribution in [0.2, 0.25) is 0 Å². The van der Waals surface area contributed by atoms with Gasteiger partial charge in [-0.05, 0) is 55.0 Å². The van der Waals surface area contributed by atoms with Crippen LogP contribution in [0.25, 0.3) is 0 Å². The molecule has 1 fully saturated rings. The first kappa shape index (κ1) is 21.2. The first-order valence-electron chi connectivity index (χ1n) is 9.90. The Morgan fingerprint density at radius 2 is 1.94 bits per heavy atom. The topological polar surface area (TPSA) is 78.9 Å². The number of alkyl halides is 3. The summed E-state index contributed by atoms with van der Waals surface area (Å²) in [5.41, 5.74) is 3.50. The molecule has 0 unspecified atom stereocenters. The molecule has 0 saturated carbocycles. The Labute approximate surface area is 176 Å². The van der Waals surface area contributed by atoms with Gasteiger partial charge in [0, 0.05) is 24.2 Å². The van der Waals surface area contributed by atoms with Gasteiger partial charge in [0.05, 0.1) is 5.41 Å². The molecule has 0 aromatic heterocycles. The number of hydroxylamine groups is 1. The Bertz CT molecular complexity index is 1020. The van der Waals surface area contributed by atoms with Crippen molar-refractivity contribution < 1.29 is 32.7 Å². The number of carbonyl (C=O) groups is 2. The maximum atomic E-state index is 13.3. The molecule has 2 N–H and O–H groups in total. The van der Waals surface area contributed by atoms with Crippen LogP contribution in [-0.2, 0) is 24.2 Å². The van der Waals surface area contributed by atoms with Crippen molar-refractivity contribution in [2.24, 2.45) is 5.41 Å². The number of para-hydroxylation sites is 1. The van der Waals surface area contributed by atoms with Crippen LogP contribution in [-0.4, -0.2) is 34.8 Å². The number of likely N-dealkylation sites (tertiary alicyclic amines) is 1. The zero-order valence-corrected chi connectivity index (χ0v) is 16.5. The van der Waals surface area contributed by atoms with Gasteiger partial charge in [-0.3, -0.25) is 14.8 Å². The van der Waals surface area contributed by atoms with Gasteiger partial charge in [0.25, 0.3) is 5.91 Å². The largest absolute Gasteiger partial charge is 0.573 e. The molecule has 164 valence electrons. The third kappa shape index (κ3) is 4.23. The standard InChI is InChI=1S/C22H21F3N2O4/c23-22(24,25)31-18-4-2-1-3-16(18)13-27-10-9-21(20(27)29)8-7-14-5-6-15(19(28)26-30)11-17(14)12-21/h1-6,11,30H,7-10,12-13H2,(H,26,28)/t21-/m1/s1. The molecule has 4 rings (SSSR count). The molecule has 1 aliphatic heterocycles. The van der Waals surface area contributed by atoms with Crippen molar-refractivity contribution in [3.8, 4) is 5.75 Å². The van der Waals surface area contributed by atoms with Gasteiger partial charge in [-0.1, -0.05) is 24.3 Å². The van der Waals surface area contributed by atoms with Crippen molar-refractivity contribution in [3.63, 3.8) is 0 Å². The van der Waals surface area contributed by atoms with Crippen LogP contribution in [0.1, 0.15) is 39.9 Å². The van der Waals surface area contributed by atoms with E-state index in [1.807, 2.05) is 6.07 Å². The van der Waals surface area contributed by atoms with Crippen molar-refractivity contribution in [3.05, 3.63) is 64.7 Å². The Balaban J connectivity index is 1.53. The van der Waals surface area contributed by atoms with Crippen LogP contribution in [0.5, 0.6) is 5.75 Å². The summed E-state index contributed by atoms with van der Waals surface area (Å²) in [7, 11) is 0. The number of aryl methyl sites for hydroxylation is 1. The number of hydrogen-bond donors (Lipinski definition) is 2. The van der Waals surface area contributed by atoms with E-state index in [4.69, 9.17) is 5.21 Å². The molecule has 9 heteroatoms. The van der Waals surface area contributed by atoms with Crippen LogP contribution in [0.15, 0.2) is 42.5 Å². The van der Waals surface area contributed by atoms with E-state index in [1.54, 1.807) is 28.6 Å². The van der Waals surface area contributed by atoms with Crippen LogP contribution < -0.4 is 10.2 Å². The summed E-state index contributed by atoms with van der Waals surface area (Å²) >= 11 is 0. The Morgan fingerprint density at radius 1 is 1.16 bits per heavy atom. The first-order chi connectivity index (χ1) is 14.7. The third-order valence-electron chi connectivity index (χ3n) is 6.13. The van der Waals surface area contributed by atoms with E-state index in [1.165, 1.54) is 18.2 Å². The lowest BCUT2D eigenvalue weighted by Crippen LogP contribution is -2.38. The van der Waals surface area contributed by atoms with Crippen LogP contribution >= 0.6 is 0 Å². The summed E-state index contributed by atoms with van der Waals surface area (Å²) in [4.78, 5) is 26.6. The zero-order chi connectivity index (χ0) is 22.2. The average Bonchev–Trinajstić information content (AvgIpc) is 3.02. The van der Waals surface area contributed by atoms with Crippen LogP contribution in [0, 0.1) is 5.41 Å². The van der Waals surface area contributed by atoms with Gasteiger partial charge in [-0.25, -0.2) is 5.48 Å². The molecule has 0 bridgehead atoms. The fourth-order valence-electron chi connectivity index (χ4n) is 4.57. The first-order valence-corrected chi connectivity index (χ1v) is 9.90. The quantitative estimate of drug-likeness (QED) is 0.569. The van der Waals surface area contributed by atoms with Gasteiger partial charge in [-0.15, -0.1) is 13.2 Å². The van der Waals surface area contributed by atoms with Crippen molar-refractivity contribution >= 4 is 11.8 Å². The lowest BCUT2D eigenvalue weighted by Gasteiger charge is -2.33. The molecule has 1 spiro atoms. The molecule has 0 radical (unpaired) electrons. The maximum absolute atomic E-state index is 13.3. The van der Waals surface area contributed by atoms with Gasteiger partial charge >= 0.3 is 6.36 Å². The second-order valence-corrected chi connectivity index (χ2v) is 8.01. The lowest BCUT2D eigenvalue weighted by atomic mass is 9.70. The number of benzene rings is 2. The smallest absolute Gasteiger partial charge is 0.405 e. The number of rotatable bonds is 4. The van der Waals surface area contributed by atoms with Crippen molar-refractivity contribution in [1.82, 2.24) is 10.4 Å². The molecule has 6 nitrogen and oxygen atoms in total. The number of carbonyl (C=O) groups excluding carboxylic acids is 2. The molecule has 31 heavy (non-hydrogen) atoms. The number of nitrogens with zero attached hydrogens (tertiary/aromatic N) is 1. The average molecular weight is 434 g/mol. The summed E-state index contributed by atoms with van der Waals surface area (Å²) in [6.07, 6.45) is -2.46. The second kappa shape index (κ2) is 7.88. The van der Waals surface area contributed by atoms with Gasteiger partial charge in [0.1, 0.15) is 5.75 Å². The highest BCUT2D eigenvalue weighted by Crippen LogP contribution is 2.44. The van der Waals surface area contributed by atoms with E-state index in [0.29, 0.717) is 43.4 Å². The van der Waals surface area contributed by atoms with E-state index in [2.05, 4.69) is 4.74 Å². The number of hydrogen-bond acceptors (Lipinski definition) is 4. The number of halogens is 3. The highest BCUT2D eigenvalue weighted by molar-refractivity contribution is 5.93. The number of ether oxygens (including phenoxy) is 1. The van der Waals surface area contributed by atoms with E-state index < -0.39 is 17.7 Å². The summed E-state index contributed by atoms with van der Waals surface area (Å²) in [5.74, 6) is -1.03. The Kier molecular flexibility index (Phi) is 5.38. The predicted octanol–water partition coefficient (Wildman–Crippen LogP) is 3.61. The highest BCUT2D eigenvalue weighted by Gasteiger charge is 2.48. The van der Waals surface area contributed by atoms with Gasteiger partial charge in [0.15, 0.2) is 0 Å². The maximum Gasteiger partial charge on any atom is 0.573 e. The molecule has 2 aliphatic rings. The van der Waals surface area contributed by atoms with Crippen LogP contribution in [0.3, 0.4) is 0 Å². The van der Waals surface area contributed by atoms with Gasteiger partial charge in [0.2, 0.25) is 5.91 Å². The van der Waals surface area contributed by atoms with Gasteiger partial charge < -0.3 is 9.64 Å². The normalized spacial score (nSPS) is 20.6. The van der Waals surface area contributed by atoms with Crippen molar-refractivity contribution in [2.75, 3.05) is 6.54 Å². The van der Waals surface area contributed by atoms with Gasteiger partial charge in [-0.2, -0.15) is 0 Å².